The molecule has 0 amide bonds. The fourth-order valence-electron chi connectivity index (χ4n) is 10.4. The number of hydrogen-bond acceptors (Lipinski definition) is 18. The average Bonchev–Trinajstić information content (AvgIpc) is 3.43. The van der Waals surface area contributed by atoms with Gasteiger partial charge in [-0.25, -0.2) is 0 Å². The first-order valence-corrected chi connectivity index (χ1v) is 32.1. The molecule has 20 heteroatoms. The fourth-order valence-corrected chi connectivity index (χ4v) is 12.9. The standard InChI is InChI=1S/C56H121N4O15Si/c1-4-6-8-10-12-14-15-16-17-18-19-20-21-23-25-27-36-60(3,35-26-24-22-13-11-9-7-5-2)37-28-44-76(73-41-32-57(29-38-61)54(45-64,46-65)47-66,74-42-33-58(30-39-62)55(48-67,49-68)50-69)75-43-34-59(31-40-63)56(51-70,52-71)53-72/h61-72H,4-53H2,1-3H3/q+1. The molecule has 0 saturated heterocycles. The van der Waals surface area contributed by atoms with Crippen LogP contribution in [0, 0.1) is 0 Å². The maximum Gasteiger partial charge on any atom is 0.501 e. The zero-order valence-corrected chi connectivity index (χ0v) is 49.7. The summed E-state index contributed by atoms with van der Waals surface area (Å²) in [5, 5.41) is 123. The molecule has 0 aromatic rings. The van der Waals surface area contributed by atoms with E-state index in [4.69, 9.17) is 13.3 Å². The van der Waals surface area contributed by atoms with Gasteiger partial charge < -0.3 is 79.0 Å². The van der Waals surface area contributed by atoms with Crippen LogP contribution in [-0.4, -0.2) is 271 Å². The molecule has 0 aliphatic rings. The van der Waals surface area contributed by atoms with Crippen LogP contribution in [0.1, 0.15) is 174 Å². The van der Waals surface area contributed by atoms with Crippen molar-refractivity contribution in [2.24, 2.45) is 0 Å². The second kappa shape index (κ2) is 48.0. The van der Waals surface area contributed by atoms with E-state index in [2.05, 4.69) is 20.9 Å². The lowest BCUT2D eigenvalue weighted by molar-refractivity contribution is -0.910. The van der Waals surface area contributed by atoms with Crippen molar-refractivity contribution < 1.29 is 79.0 Å². The molecule has 0 bridgehead atoms. The van der Waals surface area contributed by atoms with Gasteiger partial charge in [-0.05, 0) is 25.7 Å². The van der Waals surface area contributed by atoms with Crippen LogP contribution in [0.2, 0.25) is 6.04 Å². The van der Waals surface area contributed by atoms with Crippen molar-refractivity contribution in [1.82, 2.24) is 14.7 Å². The molecular formula is C56H121N4O15Si+. The maximum absolute atomic E-state index is 10.3. The molecular weight excluding hydrogens is 997 g/mol. The summed E-state index contributed by atoms with van der Waals surface area (Å²) in [6.45, 7) is 0.751. The predicted octanol–water partition coefficient (Wildman–Crippen LogP) is 3.24. The van der Waals surface area contributed by atoms with E-state index < -0.39 is 84.9 Å². The van der Waals surface area contributed by atoms with E-state index in [1.807, 2.05) is 0 Å². The molecule has 458 valence electrons. The van der Waals surface area contributed by atoms with Gasteiger partial charge in [-0.1, -0.05) is 142 Å². The highest BCUT2D eigenvalue weighted by molar-refractivity contribution is 6.60. The zero-order valence-electron chi connectivity index (χ0n) is 48.7. The van der Waals surface area contributed by atoms with E-state index in [1.165, 1.54) is 135 Å². The van der Waals surface area contributed by atoms with Crippen molar-refractivity contribution in [3.63, 3.8) is 0 Å². The van der Waals surface area contributed by atoms with Crippen LogP contribution in [-0.2, 0) is 13.3 Å². The van der Waals surface area contributed by atoms with E-state index in [0.29, 0.717) is 12.5 Å². The van der Waals surface area contributed by atoms with Gasteiger partial charge in [0.2, 0.25) is 0 Å². The van der Waals surface area contributed by atoms with E-state index in [1.54, 1.807) is 14.7 Å². The largest absolute Gasteiger partial charge is 0.501 e. The highest BCUT2D eigenvalue weighted by Gasteiger charge is 2.45. The highest BCUT2D eigenvalue weighted by atomic mass is 28.4. The summed E-state index contributed by atoms with van der Waals surface area (Å²) in [5.41, 5.74) is -4.42. The summed E-state index contributed by atoms with van der Waals surface area (Å²) < 4.78 is 21.2. The molecule has 12 N–H and O–H groups in total. The molecule has 0 spiro atoms. The lowest BCUT2D eigenvalue weighted by Crippen LogP contribution is -2.61. The Morgan fingerprint density at radius 1 is 0.316 bits per heavy atom. The van der Waals surface area contributed by atoms with Crippen molar-refractivity contribution in [2.75, 3.05) is 165 Å². The molecule has 0 saturated carbocycles. The first-order chi connectivity index (χ1) is 36.9. The predicted molar refractivity (Wildman–Crippen MR) is 304 cm³/mol. The highest BCUT2D eigenvalue weighted by Crippen LogP contribution is 2.25. The Morgan fingerprint density at radius 2 is 0.539 bits per heavy atom. The van der Waals surface area contributed by atoms with Crippen molar-refractivity contribution in [1.29, 1.82) is 0 Å². The number of hydrogen-bond donors (Lipinski definition) is 12. The quantitative estimate of drug-likeness (QED) is 0.0237. The van der Waals surface area contributed by atoms with Crippen LogP contribution in [0.4, 0.5) is 0 Å². The molecule has 0 aromatic carbocycles. The summed E-state index contributed by atoms with van der Waals surface area (Å²) in [6, 6.07) is 0.318. The monoisotopic (exact) mass is 1120 g/mol. The van der Waals surface area contributed by atoms with Gasteiger partial charge in [-0.2, -0.15) is 0 Å². The summed E-state index contributed by atoms with van der Waals surface area (Å²) in [5.74, 6) is 0. The second-order valence-corrected chi connectivity index (χ2v) is 24.9. The van der Waals surface area contributed by atoms with E-state index in [-0.39, 0.29) is 78.9 Å². The zero-order chi connectivity index (χ0) is 56.7. The summed E-state index contributed by atoms with van der Waals surface area (Å²) in [7, 11) is -1.58. The lowest BCUT2D eigenvalue weighted by atomic mass is 10.0. The molecule has 1 unspecified atom stereocenters. The van der Waals surface area contributed by atoms with Gasteiger partial charge in [0.15, 0.2) is 0 Å². The SMILES string of the molecule is CCCCCCCCCCCCCCCCCC[N+](C)(CCCCCCCCCC)CCC[Si](OCCN(CCO)C(CO)(CO)CO)(OCCN(CCO)C(CO)(CO)CO)OCCN(CCO)C(CO)(CO)CO. The van der Waals surface area contributed by atoms with Gasteiger partial charge >= 0.3 is 8.80 Å². The number of nitrogens with zero attached hydrogens (tertiary/aromatic N) is 4. The minimum absolute atomic E-state index is 0.00138. The molecule has 1 atom stereocenters. The molecule has 0 rings (SSSR count). The Balaban J connectivity index is 6.71. The van der Waals surface area contributed by atoms with Gasteiger partial charge in [0, 0.05) is 51.7 Å². The van der Waals surface area contributed by atoms with Crippen LogP contribution >= 0.6 is 0 Å². The van der Waals surface area contributed by atoms with Gasteiger partial charge in [0.05, 0.1) is 142 Å². The van der Waals surface area contributed by atoms with Crippen molar-refractivity contribution in [3.05, 3.63) is 0 Å². The summed E-state index contributed by atoms with van der Waals surface area (Å²) in [4.78, 5) is 4.68. The van der Waals surface area contributed by atoms with Crippen LogP contribution < -0.4 is 0 Å². The van der Waals surface area contributed by atoms with Gasteiger partial charge in [-0.15, -0.1) is 0 Å². The minimum Gasteiger partial charge on any atom is -0.395 e. The Morgan fingerprint density at radius 3 is 0.763 bits per heavy atom. The number of rotatable bonds is 60. The first kappa shape index (κ1) is 75.5. The van der Waals surface area contributed by atoms with E-state index >= 15 is 0 Å². The molecule has 0 radical (unpaired) electrons. The Labute approximate surface area is 463 Å². The maximum atomic E-state index is 10.3. The molecule has 0 aromatic heterocycles. The van der Waals surface area contributed by atoms with Crippen LogP contribution in [0.15, 0.2) is 0 Å². The fraction of sp³-hybridized carbons (Fsp3) is 1.00. The van der Waals surface area contributed by atoms with Crippen LogP contribution in [0.5, 0.6) is 0 Å². The molecule has 76 heavy (non-hydrogen) atoms. The van der Waals surface area contributed by atoms with Crippen molar-refractivity contribution in [3.8, 4) is 0 Å². The second-order valence-electron chi connectivity index (χ2n) is 22.1. The normalized spacial score (nSPS) is 13.8. The van der Waals surface area contributed by atoms with Gasteiger partial charge in [0.1, 0.15) is 0 Å². The molecule has 0 fully saturated rings. The molecule has 19 nitrogen and oxygen atoms in total. The average molecular weight is 1120 g/mol. The van der Waals surface area contributed by atoms with Crippen LogP contribution in [0.3, 0.4) is 0 Å². The van der Waals surface area contributed by atoms with Crippen molar-refractivity contribution >= 4 is 8.80 Å². The van der Waals surface area contributed by atoms with Crippen LogP contribution in [0.25, 0.3) is 0 Å². The third-order valence-electron chi connectivity index (χ3n) is 16.1. The Kier molecular flexibility index (Phi) is 47.7. The van der Waals surface area contributed by atoms with Gasteiger partial charge in [0.25, 0.3) is 0 Å². The van der Waals surface area contributed by atoms with Gasteiger partial charge in [-0.3, -0.25) is 14.7 Å². The number of quaternary nitrogens is 1. The van der Waals surface area contributed by atoms with E-state index in [9.17, 15) is 61.3 Å². The molecule has 0 heterocycles. The minimum atomic E-state index is -3.91. The topological polar surface area (TPSA) is 280 Å². The summed E-state index contributed by atoms with van der Waals surface area (Å²) >= 11 is 0. The smallest absolute Gasteiger partial charge is 0.395 e. The number of unbranched alkanes of at least 4 members (excludes halogenated alkanes) is 22. The van der Waals surface area contributed by atoms with Crippen molar-refractivity contribution in [2.45, 2.75) is 197 Å². The summed E-state index contributed by atoms with van der Waals surface area (Å²) in [6.07, 6.45) is 31.3. The molecule has 0 aliphatic carbocycles. The van der Waals surface area contributed by atoms with E-state index in [0.717, 1.165) is 43.4 Å². The number of aliphatic hydroxyl groups excluding tert-OH is 12. The third kappa shape index (κ3) is 30.5. The number of β-amino-alcohol motifs (C(OH)–C–C–N with tert-alkyl or cyclic N) is 3. The Hall–Kier alpha value is -0.543. The number of aliphatic hydroxyl groups is 12. The first-order valence-electron chi connectivity index (χ1n) is 30.2. The third-order valence-corrected chi connectivity index (χ3v) is 19.0. The Bertz CT molecular complexity index is 1150. The molecule has 0 aliphatic heterocycles. The lowest BCUT2D eigenvalue weighted by Gasteiger charge is -2.42.